The Labute approximate surface area is 189 Å². The third-order valence-corrected chi connectivity index (χ3v) is 8.47. The molecule has 0 aliphatic carbocycles. The maximum Gasteiger partial charge on any atom is 0.451 e. The fourth-order valence-corrected chi connectivity index (χ4v) is 6.55. The first-order valence-electron chi connectivity index (χ1n) is 11.0. The third-order valence-electron chi connectivity index (χ3n) is 6.52. The molecule has 2 aliphatic heterocycles. The van der Waals surface area contributed by atoms with Gasteiger partial charge in [-0.3, -0.25) is 4.79 Å². The molecule has 2 heterocycles. The number of aliphatic carboxylic acids is 1. The molecule has 32 heavy (non-hydrogen) atoms. The predicted octanol–water partition coefficient (Wildman–Crippen LogP) is -0.548. The van der Waals surface area contributed by atoms with Crippen LogP contribution in [0.1, 0.15) is 31.2 Å². The molecule has 0 saturated carbocycles. The number of hydrogen-bond acceptors (Lipinski definition) is 7. The van der Waals surface area contributed by atoms with E-state index in [9.17, 15) is 18.3 Å². The number of hydrogen-bond donors (Lipinski definition) is 5. The maximum atomic E-state index is 13.8. The van der Waals surface area contributed by atoms with Gasteiger partial charge in [0.05, 0.1) is 0 Å². The molecule has 0 spiro atoms. The van der Waals surface area contributed by atoms with Crippen LogP contribution in [0.3, 0.4) is 0 Å². The first-order valence-corrected chi connectivity index (χ1v) is 12.4. The molecule has 2 saturated heterocycles. The summed E-state index contributed by atoms with van der Waals surface area (Å²) in [5, 5.41) is 31.2. The number of piperidine rings is 1. The van der Waals surface area contributed by atoms with E-state index < -0.39 is 34.8 Å². The van der Waals surface area contributed by atoms with Crippen LogP contribution < -0.4 is 11.1 Å². The van der Waals surface area contributed by atoms with E-state index in [0.717, 1.165) is 5.56 Å². The van der Waals surface area contributed by atoms with Crippen molar-refractivity contribution in [3.63, 3.8) is 0 Å². The molecule has 2 aliphatic rings. The van der Waals surface area contributed by atoms with Crippen LogP contribution in [0, 0.1) is 5.92 Å². The van der Waals surface area contributed by atoms with Crippen molar-refractivity contribution >= 4 is 23.3 Å². The Morgan fingerprint density at radius 1 is 1.25 bits per heavy atom. The maximum absolute atomic E-state index is 13.8. The minimum atomic E-state index is -3.98. The summed E-state index contributed by atoms with van der Waals surface area (Å²) < 4.78 is 30.2. The second-order valence-electron chi connectivity index (χ2n) is 8.77. The minimum Gasteiger partial charge on any atom is -0.480 e. The molecule has 0 aromatic heterocycles. The molecule has 0 amide bonds. The average molecular weight is 468 g/mol. The highest BCUT2D eigenvalue weighted by Crippen LogP contribution is 2.34. The lowest BCUT2D eigenvalue weighted by Gasteiger charge is -2.36. The molecule has 0 unspecified atom stereocenters. The summed E-state index contributed by atoms with van der Waals surface area (Å²) in [4.78, 5) is 12.0. The Morgan fingerprint density at radius 2 is 1.91 bits per heavy atom. The largest absolute Gasteiger partial charge is 0.480 e. The number of carbonyl (C=O) groups is 1. The molecule has 6 N–H and O–H groups in total. The van der Waals surface area contributed by atoms with Gasteiger partial charge >= 0.3 is 13.1 Å². The summed E-state index contributed by atoms with van der Waals surface area (Å²) >= 11 is 0. The van der Waals surface area contributed by atoms with E-state index in [0.29, 0.717) is 38.8 Å². The van der Waals surface area contributed by atoms with Crippen molar-refractivity contribution in [2.45, 2.75) is 50.1 Å². The van der Waals surface area contributed by atoms with E-state index in [1.54, 1.807) is 0 Å². The normalized spacial score (nSPS) is 25.3. The van der Waals surface area contributed by atoms with Crippen LogP contribution in [0.15, 0.2) is 30.3 Å². The first-order chi connectivity index (χ1) is 15.1. The van der Waals surface area contributed by atoms with Gasteiger partial charge in [0, 0.05) is 31.6 Å². The van der Waals surface area contributed by atoms with Gasteiger partial charge in [-0.15, -0.1) is 0 Å². The number of carboxylic acids is 1. The van der Waals surface area contributed by atoms with Crippen LogP contribution in [-0.2, 0) is 21.5 Å². The highest BCUT2D eigenvalue weighted by Gasteiger charge is 2.53. The number of rotatable bonds is 10. The van der Waals surface area contributed by atoms with Gasteiger partial charge in [0.25, 0.3) is 10.2 Å². The molecule has 0 bridgehead atoms. The number of nitrogens with one attached hydrogen (secondary N) is 1. The number of nitrogens with two attached hydrogens (primary N) is 1. The first kappa shape index (κ1) is 25.1. The molecule has 2 fully saturated rings. The van der Waals surface area contributed by atoms with Crippen molar-refractivity contribution in [3.05, 3.63) is 35.9 Å². The lowest BCUT2D eigenvalue weighted by molar-refractivity contribution is -0.144. The van der Waals surface area contributed by atoms with E-state index in [4.69, 9.17) is 15.8 Å². The van der Waals surface area contributed by atoms with Gasteiger partial charge in [-0.1, -0.05) is 36.8 Å². The van der Waals surface area contributed by atoms with Crippen molar-refractivity contribution in [2.24, 2.45) is 11.7 Å². The van der Waals surface area contributed by atoms with E-state index in [2.05, 4.69) is 5.32 Å². The third kappa shape index (κ3) is 5.68. The van der Waals surface area contributed by atoms with Crippen molar-refractivity contribution in [1.29, 1.82) is 0 Å². The molecule has 2 atom stereocenters. The monoisotopic (exact) mass is 468 g/mol. The van der Waals surface area contributed by atoms with E-state index in [1.165, 1.54) is 8.61 Å². The Bertz CT molecular complexity index is 868. The summed E-state index contributed by atoms with van der Waals surface area (Å²) in [6.45, 7) is 1.31. The molecular weight excluding hydrogens is 435 g/mol. The highest BCUT2D eigenvalue weighted by atomic mass is 32.2. The lowest BCUT2D eigenvalue weighted by atomic mass is 9.78. The van der Waals surface area contributed by atoms with Crippen molar-refractivity contribution in [2.75, 3.05) is 26.2 Å². The topological polar surface area (TPSA) is 156 Å². The summed E-state index contributed by atoms with van der Waals surface area (Å²) in [7, 11) is -5.47. The zero-order valence-corrected chi connectivity index (χ0v) is 19.0. The zero-order chi connectivity index (χ0) is 23.4. The molecule has 1 aromatic rings. The van der Waals surface area contributed by atoms with Gasteiger partial charge in [0.1, 0.15) is 5.54 Å². The zero-order valence-electron chi connectivity index (χ0n) is 18.1. The fraction of sp³-hybridized carbons (Fsp3) is 0.650. The summed E-state index contributed by atoms with van der Waals surface area (Å²) in [6.07, 6.45) is 2.05. The quantitative estimate of drug-likeness (QED) is 0.287. The number of nitrogens with zero attached hydrogens (tertiary/aromatic N) is 2. The Kier molecular flexibility index (Phi) is 8.31. The van der Waals surface area contributed by atoms with Crippen LogP contribution in [0.4, 0.5) is 0 Å². The summed E-state index contributed by atoms with van der Waals surface area (Å²) in [6, 6.07) is 9.15. The highest BCUT2D eigenvalue weighted by molar-refractivity contribution is 7.86. The van der Waals surface area contributed by atoms with Crippen LogP contribution in [0.2, 0.25) is 6.32 Å². The summed E-state index contributed by atoms with van der Waals surface area (Å²) in [5.41, 5.74) is 5.36. The second kappa shape index (κ2) is 10.6. The lowest BCUT2D eigenvalue weighted by Crippen LogP contribution is -2.56. The molecule has 3 rings (SSSR count). The number of benzene rings is 1. The van der Waals surface area contributed by atoms with Gasteiger partial charge in [-0.25, -0.2) is 0 Å². The number of carboxylic acid groups (broad SMARTS) is 1. The molecule has 178 valence electrons. The molecule has 1 aromatic carbocycles. The van der Waals surface area contributed by atoms with Crippen LogP contribution >= 0.6 is 0 Å². The molecule has 0 radical (unpaired) electrons. The predicted molar refractivity (Wildman–Crippen MR) is 121 cm³/mol. The molecule has 12 heteroatoms. The van der Waals surface area contributed by atoms with Gasteiger partial charge < -0.3 is 26.2 Å². The van der Waals surface area contributed by atoms with Gasteiger partial charge in [-0.05, 0) is 44.2 Å². The summed E-state index contributed by atoms with van der Waals surface area (Å²) in [5.74, 6) is -1.87. The van der Waals surface area contributed by atoms with Crippen LogP contribution in [-0.4, -0.2) is 83.0 Å². The fourth-order valence-electron chi connectivity index (χ4n) is 4.61. The van der Waals surface area contributed by atoms with Gasteiger partial charge in [-0.2, -0.15) is 17.0 Å². The van der Waals surface area contributed by atoms with E-state index in [1.807, 2.05) is 30.3 Å². The van der Waals surface area contributed by atoms with Crippen LogP contribution in [0.25, 0.3) is 0 Å². The SMILES string of the molecule is N[C@@]1(C(=O)O)CN(S(=O)(=O)N(Cc2ccccc2)C2CCNCC2)C[C@@H]1CCCB(O)O. The van der Waals surface area contributed by atoms with E-state index >= 15 is 0 Å². The van der Waals surface area contributed by atoms with Gasteiger partial charge in [0.15, 0.2) is 0 Å². The molecular formula is C20H33BN4O6S. The van der Waals surface area contributed by atoms with Gasteiger partial charge in [0.2, 0.25) is 0 Å². The Hall–Kier alpha value is -1.54. The van der Waals surface area contributed by atoms with Crippen molar-refractivity contribution < 1.29 is 28.4 Å². The van der Waals surface area contributed by atoms with Crippen LogP contribution in [0.5, 0.6) is 0 Å². The smallest absolute Gasteiger partial charge is 0.451 e. The van der Waals surface area contributed by atoms with E-state index in [-0.39, 0.29) is 32.0 Å². The standard InChI is InChI=1S/C20H33BN4O6S/c22-20(19(26)27)15-24(14-17(20)7-4-10-21(28)29)32(30,31)25(18-8-11-23-12-9-18)13-16-5-2-1-3-6-16/h1-3,5-6,17-18,23,28-29H,4,7-15,22H2,(H,26,27)/t17-,20-/m0/s1. The minimum absolute atomic E-state index is 0.0110. The Balaban J connectivity index is 1.85. The van der Waals surface area contributed by atoms with Crippen molar-refractivity contribution in [1.82, 2.24) is 13.9 Å². The Morgan fingerprint density at radius 3 is 2.50 bits per heavy atom. The second-order valence-corrected chi connectivity index (χ2v) is 10.6. The molecule has 10 nitrogen and oxygen atoms in total. The average Bonchev–Trinajstić information content (AvgIpc) is 3.12. The van der Waals surface area contributed by atoms with Crippen molar-refractivity contribution in [3.8, 4) is 0 Å².